The molecule has 0 bridgehead atoms. The van der Waals surface area contributed by atoms with E-state index in [2.05, 4.69) is 61.8 Å². The van der Waals surface area contributed by atoms with Gasteiger partial charge in [0.25, 0.3) is 0 Å². The molecule has 2 aromatic carbocycles. The summed E-state index contributed by atoms with van der Waals surface area (Å²) in [6.45, 7) is 19.5. The van der Waals surface area contributed by atoms with E-state index in [4.69, 9.17) is 21.3 Å². The van der Waals surface area contributed by atoms with Gasteiger partial charge in [0.1, 0.15) is 0 Å². The van der Waals surface area contributed by atoms with Crippen LogP contribution in [0.2, 0.25) is 5.02 Å². The molecule has 0 saturated carbocycles. The lowest BCUT2D eigenvalue weighted by atomic mass is 9.82. The number of aromatic nitrogens is 1. The van der Waals surface area contributed by atoms with Crippen LogP contribution in [0.15, 0.2) is 36.4 Å². The van der Waals surface area contributed by atoms with Crippen molar-refractivity contribution in [3.05, 3.63) is 80.6 Å². The summed E-state index contributed by atoms with van der Waals surface area (Å²) in [7, 11) is 0. The Hall–Kier alpha value is -2.89. The van der Waals surface area contributed by atoms with Gasteiger partial charge < -0.3 is 9.64 Å². The van der Waals surface area contributed by atoms with E-state index >= 15 is 0 Å². The lowest BCUT2D eigenvalue weighted by Crippen LogP contribution is -2.41. The number of benzene rings is 2. The average molecular weight is 588 g/mol. The fraction of sp³-hybridized carbons (Fsp3) is 0.500. The third-order valence-electron chi connectivity index (χ3n) is 8.88. The van der Waals surface area contributed by atoms with Crippen LogP contribution < -0.4 is 4.90 Å². The highest BCUT2D eigenvalue weighted by molar-refractivity contribution is 6.31. The molecular formula is C36H46ClN3O2. The van der Waals surface area contributed by atoms with Gasteiger partial charge in [-0.05, 0) is 93.2 Å². The molecule has 0 amide bonds. The molecule has 224 valence electrons. The van der Waals surface area contributed by atoms with Crippen molar-refractivity contribution in [2.75, 3.05) is 24.5 Å². The van der Waals surface area contributed by atoms with E-state index in [1.807, 2.05) is 32.9 Å². The van der Waals surface area contributed by atoms with Crippen LogP contribution >= 0.6 is 11.6 Å². The second-order valence-electron chi connectivity index (χ2n) is 13.4. The topological polar surface area (TPSA) is 45.7 Å². The van der Waals surface area contributed by atoms with Crippen molar-refractivity contribution in [2.24, 2.45) is 5.41 Å². The maximum atomic E-state index is 13.0. The van der Waals surface area contributed by atoms with Crippen molar-refractivity contribution in [1.82, 2.24) is 9.88 Å². The Balaban J connectivity index is 1.52. The Labute approximate surface area is 257 Å². The lowest BCUT2D eigenvalue weighted by molar-refractivity contribution is -0.146. The Morgan fingerprint density at radius 2 is 1.83 bits per heavy atom. The van der Waals surface area contributed by atoms with Crippen LogP contribution in [0, 0.1) is 26.2 Å². The second-order valence-corrected chi connectivity index (χ2v) is 13.8. The Bertz CT molecular complexity index is 1460. The van der Waals surface area contributed by atoms with E-state index in [1.165, 1.54) is 39.9 Å². The third-order valence-corrected chi connectivity index (χ3v) is 9.24. The molecule has 0 unspecified atom stereocenters. The SMILES string of the molecule is Cc1cccc(Cl)c1CN1CCc2cc(-c3c(C)nc(C)c(CC(=O)OC(C)C)c3N3CCCC(C)(C)C3)ccc2C1. The number of piperidine rings is 1. The van der Waals surface area contributed by atoms with Gasteiger partial charge in [0.15, 0.2) is 0 Å². The van der Waals surface area contributed by atoms with E-state index in [0.29, 0.717) is 0 Å². The van der Waals surface area contributed by atoms with Crippen molar-refractivity contribution in [3.8, 4) is 11.1 Å². The minimum Gasteiger partial charge on any atom is -0.463 e. The summed E-state index contributed by atoms with van der Waals surface area (Å²) >= 11 is 6.56. The van der Waals surface area contributed by atoms with E-state index in [-0.39, 0.29) is 23.9 Å². The molecule has 2 aliphatic rings. The van der Waals surface area contributed by atoms with Gasteiger partial charge in [-0.15, -0.1) is 0 Å². The average Bonchev–Trinajstić information content (AvgIpc) is 2.91. The zero-order valence-corrected chi connectivity index (χ0v) is 27.2. The van der Waals surface area contributed by atoms with E-state index < -0.39 is 0 Å². The number of pyridine rings is 1. The summed E-state index contributed by atoms with van der Waals surface area (Å²) in [6.07, 6.45) is 3.42. The van der Waals surface area contributed by atoms with Crippen molar-refractivity contribution in [1.29, 1.82) is 0 Å². The number of aryl methyl sites for hydroxylation is 3. The van der Waals surface area contributed by atoms with Crippen LogP contribution in [0.1, 0.15) is 79.7 Å². The third kappa shape index (κ3) is 6.68. The summed E-state index contributed by atoms with van der Waals surface area (Å²) < 4.78 is 5.61. The first-order valence-electron chi connectivity index (χ1n) is 15.4. The van der Waals surface area contributed by atoms with Crippen LogP contribution in [0.5, 0.6) is 0 Å². The maximum absolute atomic E-state index is 13.0. The second kappa shape index (κ2) is 12.4. The molecule has 6 heteroatoms. The molecule has 1 saturated heterocycles. The van der Waals surface area contributed by atoms with Gasteiger partial charge in [-0.25, -0.2) is 0 Å². The number of fused-ring (bicyclic) bond motifs is 1. The first-order chi connectivity index (χ1) is 19.9. The molecule has 0 radical (unpaired) electrons. The van der Waals surface area contributed by atoms with Crippen molar-refractivity contribution >= 4 is 23.3 Å². The summed E-state index contributed by atoms with van der Waals surface area (Å²) in [5.41, 5.74) is 11.9. The first-order valence-corrected chi connectivity index (χ1v) is 15.8. The van der Waals surface area contributed by atoms with Crippen molar-refractivity contribution in [3.63, 3.8) is 0 Å². The van der Waals surface area contributed by atoms with Crippen LogP contribution in [-0.4, -0.2) is 41.6 Å². The summed E-state index contributed by atoms with van der Waals surface area (Å²) in [5.74, 6) is -0.193. The fourth-order valence-electron chi connectivity index (χ4n) is 6.83. The van der Waals surface area contributed by atoms with E-state index in [9.17, 15) is 4.79 Å². The number of rotatable bonds is 7. The van der Waals surface area contributed by atoms with Crippen LogP contribution in [0.3, 0.4) is 0 Å². The minimum absolute atomic E-state index is 0.143. The molecule has 3 aromatic rings. The number of nitrogens with zero attached hydrogens (tertiary/aromatic N) is 3. The molecule has 2 aliphatic heterocycles. The molecule has 3 heterocycles. The fourth-order valence-corrected chi connectivity index (χ4v) is 7.11. The number of esters is 1. The number of carbonyl (C=O) groups excluding carboxylic acids is 1. The largest absolute Gasteiger partial charge is 0.463 e. The predicted octanol–water partition coefficient (Wildman–Crippen LogP) is 8.01. The lowest BCUT2D eigenvalue weighted by Gasteiger charge is -2.41. The van der Waals surface area contributed by atoms with Gasteiger partial charge in [-0.3, -0.25) is 14.7 Å². The molecule has 5 rings (SSSR count). The zero-order chi connectivity index (χ0) is 30.2. The first kappa shape index (κ1) is 30.6. The number of hydrogen-bond donors (Lipinski definition) is 0. The van der Waals surface area contributed by atoms with Crippen molar-refractivity contribution in [2.45, 2.75) is 93.3 Å². The van der Waals surface area contributed by atoms with E-state index in [0.717, 1.165) is 73.1 Å². The molecule has 0 aliphatic carbocycles. The highest BCUT2D eigenvalue weighted by Crippen LogP contribution is 2.42. The van der Waals surface area contributed by atoms with Gasteiger partial charge in [0.2, 0.25) is 0 Å². The Morgan fingerprint density at radius 1 is 1.05 bits per heavy atom. The normalized spacial score (nSPS) is 16.9. The van der Waals surface area contributed by atoms with Gasteiger partial charge in [-0.1, -0.05) is 55.8 Å². The zero-order valence-electron chi connectivity index (χ0n) is 26.4. The molecule has 0 N–H and O–H groups in total. The Morgan fingerprint density at radius 3 is 2.55 bits per heavy atom. The Kier molecular flexibility index (Phi) is 9.01. The summed E-state index contributed by atoms with van der Waals surface area (Å²) in [4.78, 5) is 23.0. The molecular weight excluding hydrogens is 542 g/mol. The molecule has 42 heavy (non-hydrogen) atoms. The van der Waals surface area contributed by atoms with Crippen LogP contribution in [0.25, 0.3) is 11.1 Å². The molecule has 5 nitrogen and oxygen atoms in total. The number of hydrogen-bond acceptors (Lipinski definition) is 5. The van der Waals surface area contributed by atoms with Gasteiger partial charge in [0.05, 0.1) is 18.2 Å². The summed E-state index contributed by atoms with van der Waals surface area (Å²) in [5, 5.41) is 0.847. The van der Waals surface area contributed by atoms with Crippen molar-refractivity contribution < 1.29 is 9.53 Å². The number of anilines is 1. The molecule has 0 spiro atoms. The minimum atomic E-state index is -0.193. The van der Waals surface area contributed by atoms with E-state index in [1.54, 1.807) is 0 Å². The smallest absolute Gasteiger partial charge is 0.310 e. The monoisotopic (exact) mass is 587 g/mol. The number of halogens is 1. The highest BCUT2D eigenvalue weighted by Gasteiger charge is 2.32. The summed E-state index contributed by atoms with van der Waals surface area (Å²) in [6, 6.07) is 13.1. The van der Waals surface area contributed by atoms with Crippen LogP contribution in [-0.2, 0) is 35.5 Å². The number of carbonyl (C=O) groups is 1. The van der Waals surface area contributed by atoms with Gasteiger partial charge in [0, 0.05) is 60.3 Å². The predicted molar refractivity (Wildman–Crippen MR) is 173 cm³/mol. The highest BCUT2D eigenvalue weighted by atomic mass is 35.5. The molecule has 1 fully saturated rings. The quantitative estimate of drug-likeness (QED) is 0.262. The molecule has 1 aromatic heterocycles. The van der Waals surface area contributed by atoms with Gasteiger partial charge >= 0.3 is 5.97 Å². The number of ether oxygens (including phenoxy) is 1. The molecule has 0 atom stereocenters. The maximum Gasteiger partial charge on any atom is 0.310 e. The van der Waals surface area contributed by atoms with Gasteiger partial charge in [-0.2, -0.15) is 0 Å². The standard InChI is InChI=1S/C36H46ClN3O2/c1-23(2)42-33(41)19-30-25(4)38-26(5)34(35(30)40-16-9-15-36(6,7)22-40)28-12-13-29-20-39(17-14-27(29)18-28)21-31-24(3)10-8-11-32(31)37/h8,10-13,18,23H,9,14-17,19-22H2,1-7H3. The van der Waals surface area contributed by atoms with Crippen LogP contribution in [0.4, 0.5) is 5.69 Å².